The van der Waals surface area contributed by atoms with E-state index in [2.05, 4.69) is 34.3 Å². The molecule has 2 aromatic rings. The maximum atomic E-state index is 5.63. The molecule has 0 bridgehead atoms. The number of nitrogens with zero attached hydrogens (tertiary/aromatic N) is 3. The van der Waals surface area contributed by atoms with E-state index in [1.165, 1.54) is 11.3 Å². The summed E-state index contributed by atoms with van der Waals surface area (Å²) in [4.78, 5) is 4.75. The van der Waals surface area contributed by atoms with Crippen LogP contribution in [0.3, 0.4) is 0 Å². The Morgan fingerprint density at radius 3 is 2.89 bits per heavy atom. The molecule has 7 heteroatoms. The third-order valence-corrected chi connectivity index (χ3v) is 3.32. The second-order valence-electron chi connectivity index (χ2n) is 4.01. The van der Waals surface area contributed by atoms with E-state index in [0.29, 0.717) is 17.3 Å². The van der Waals surface area contributed by atoms with Crippen LogP contribution >= 0.6 is 23.6 Å². The number of thiazole rings is 1. The van der Waals surface area contributed by atoms with Gasteiger partial charge in [0.15, 0.2) is 10.9 Å². The van der Waals surface area contributed by atoms with E-state index >= 15 is 0 Å². The number of anilines is 2. The molecule has 0 aromatic carbocycles. The van der Waals surface area contributed by atoms with E-state index < -0.39 is 0 Å². The molecule has 5 nitrogen and oxygen atoms in total. The third kappa shape index (κ3) is 2.80. The molecule has 0 fully saturated rings. The fourth-order valence-electron chi connectivity index (χ4n) is 1.33. The summed E-state index contributed by atoms with van der Waals surface area (Å²) < 4.78 is 0. The molecule has 0 unspecified atom stereocenters. The van der Waals surface area contributed by atoms with Crippen molar-refractivity contribution >= 4 is 39.5 Å². The van der Waals surface area contributed by atoms with Gasteiger partial charge in [0.2, 0.25) is 0 Å². The van der Waals surface area contributed by atoms with Gasteiger partial charge in [0.1, 0.15) is 4.99 Å². The third-order valence-electron chi connectivity index (χ3n) is 2.32. The zero-order valence-electron chi connectivity index (χ0n) is 10.0. The molecule has 0 spiro atoms. The second kappa shape index (κ2) is 5.36. The highest BCUT2D eigenvalue weighted by atomic mass is 32.1. The number of thiocarbonyl (C=S) groups is 1. The van der Waals surface area contributed by atoms with Crippen molar-refractivity contribution in [2.24, 2.45) is 5.73 Å². The van der Waals surface area contributed by atoms with Crippen LogP contribution in [0.15, 0.2) is 17.6 Å². The van der Waals surface area contributed by atoms with Gasteiger partial charge in [-0.25, -0.2) is 4.98 Å². The van der Waals surface area contributed by atoms with Crippen molar-refractivity contribution in [3.8, 4) is 0 Å². The molecule has 2 rings (SSSR count). The first-order valence-corrected chi connectivity index (χ1v) is 6.70. The maximum Gasteiger partial charge on any atom is 0.188 e. The Bertz CT molecular complexity index is 564. The lowest BCUT2D eigenvalue weighted by atomic mass is 10.2. The summed E-state index contributed by atoms with van der Waals surface area (Å²) in [6.45, 7) is 4.20. The maximum absolute atomic E-state index is 5.63. The summed E-state index contributed by atoms with van der Waals surface area (Å²) >= 11 is 6.48. The predicted molar refractivity (Wildman–Crippen MR) is 77.4 cm³/mol. The number of nitrogens with one attached hydrogen (secondary N) is 1. The number of aromatic nitrogens is 3. The highest BCUT2D eigenvalue weighted by Crippen LogP contribution is 2.24. The summed E-state index contributed by atoms with van der Waals surface area (Å²) in [5, 5.41) is 13.7. The smallest absolute Gasteiger partial charge is 0.188 e. The van der Waals surface area contributed by atoms with Crippen LogP contribution in [-0.2, 0) is 0 Å². The first kappa shape index (κ1) is 12.8. The van der Waals surface area contributed by atoms with Crippen LogP contribution in [0.1, 0.15) is 31.0 Å². The minimum Gasteiger partial charge on any atom is -0.389 e. The van der Waals surface area contributed by atoms with Crippen LogP contribution in [0.5, 0.6) is 0 Å². The fourth-order valence-corrected chi connectivity index (χ4v) is 2.37. The molecule has 3 N–H and O–H groups in total. The summed E-state index contributed by atoms with van der Waals surface area (Å²) in [5.41, 5.74) is 7.34. The van der Waals surface area contributed by atoms with Gasteiger partial charge in [0, 0.05) is 5.38 Å². The predicted octanol–water partition coefficient (Wildman–Crippen LogP) is 2.43. The molecule has 2 heterocycles. The molecular formula is C11H13N5S2. The Labute approximate surface area is 114 Å². The second-order valence-corrected chi connectivity index (χ2v) is 5.31. The standard InChI is InChI=1S/C11H13N5S2/c1-6(2)8-5-18-11(14-8)15-10-7(9(12)17)3-4-13-16-10/h3-6H,1-2H3,(H2,12,17)(H,14,15,16). The van der Waals surface area contributed by atoms with Crippen LogP contribution in [0.4, 0.5) is 10.9 Å². The summed E-state index contributed by atoms with van der Waals surface area (Å²) in [6.07, 6.45) is 1.56. The summed E-state index contributed by atoms with van der Waals surface area (Å²) in [6, 6.07) is 1.73. The average Bonchev–Trinajstić information content (AvgIpc) is 2.78. The van der Waals surface area contributed by atoms with E-state index in [-0.39, 0.29) is 4.99 Å². The zero-order chi connectivity index (χ0) is 13.1. The lowest BCUT2D eigenvalue weighted by Gasteiger charge is -2.06. The van der Waals surface area contributed by atoms with Crippen LogP contribution in [0.2, 0.25) is 0 Å². The van der Waals surface area contributed by atoms with Gasteiger partial charge in [-0.3, -0.25) is 0 Å². The van der Waals surface area contributed by atoms with Crippen LogP contribution in [-0.4, -0.2) is 20.2 Å². The number of rotatable bonds is 4. The highest BCUT2D eigenvalue weighted by molar-refractivity contribution is 7.80. The molecule has 0 amide bonds. The van der Waals surface area contributed by atoms with Gasteiger partial charge in [-0.2, -0.15) is 5.10 Å². The molecule has 0 aliphatic heterocycles. The van der Waals surface area contributed by atoms with E-state index in [9.17, 15) is 0 Å². The van der Waals surface area contributed by atoms with Crippen molar-refractivity contribution in [3.05, 3.63) is 28.9 Å². The van der Waals surface area contributed by atoms with E-state index in [4.69, 9.17) is 18.0 Å². The molecule has 0 saturated heterocycles. The summed E-state index contributed by atoms with van der Waals surface area (Å²) in [5.74, 6) is 0.934. The van der Waals surface area contributed by atoms with Gasteiger partial charge in [-0.1, -0.05) is 26.1 Å². The highest BCUT2D eigenvalue weighted by Gasteiger charge is 2.10. The minimum atomic E-state index is 0.285. The number of hydrogen-bond donors (Lipinski definition) is 2. The molecule has 0 atom stereocenters. The van der Waals surface area contributed by atoms with E-state index in [1.807, 2.05) is 5.38 Å². The number of nitrogens with two attached hydrogens (primary N) is 1. The Hall–Kier alpha value is -1.60. The topological polar surface area (TPSA) is 76.7 Å². The molecule has 18 heavy (non-hydrogen) atoms. The van der Waals surface area contributed by atoms with Gasteiger partial charge in [0.05, 0.1) is 17.5 Å². The van der Waals surface area contributed by atoms with Crippen molar-refractivity contribution in [2.75, 3.05) is 5.32 Å². The van der Waals surface area contributed by atoms with Crippen molar-refractivity contribution < 1.29 is 0 Å². The van der Waals surface area contributed by atoms with Crippen molar-refractivity contribution in [2.45, 2.75) is 19.8 Å². The Morgan fingerprint density at radius 2 is 2.28 bits per heavy atom. The largest absolute Gasteiger partial charge is 0.389 e. The average molecular weight is 279 g/mol. The Balaban J connectivity index is 2.25. The lowest BCUT2D eigenvalue weighted by Crippen LogP contribution is -2.13. The molecule has 0 aliphatic carbocycles. The first-order valence-electron chi connectivity index (χ1n) is 5.42. The monoisotopic (exact) mass is 279 g/mol. The van der Waals surface area contributed by atoms with Crippen molar-refractivity contribution in [1.29, 1.82) is 0 Å². The first-order chi connectivity index (χ1) is 8.58. The van der Waals surface area contributed by atoms with Crippen LogP contribution < -0.4 is 11.1 Å². The summed E-state index contributed by atoms with van der Waals surface area (Å²) in [7, 11) is 0. The van der Waals surface area contributed by atoms with Gasteiger partial charge in [0.25, 0.3) is 0 Å². The van der Waals surface area contributed by atoms with E-state index in [0.717, 1.165) is 10.8 Å². The fraction of sp³-hybridized carbons (Fsp3) is 0.273. The van der Waals surface area contributed by atoms with Gasteiger partial charge in [-0.05, 0) is 12.0 Å². The van der Waals surface area contributed by atoms with Gasteiger partial charge in [-0.15, -0.1) is 16.4 Å². The molecule has 0 saturated carbocycles. The normalized spacial score (nSPS) is 10.6. The lowest BCUT2D eigenvalue weighted by molar-refractivity contribution is 0.834. The molecule has 94 valence electrons. The molecule has 0 radical (unpaired) electrons. The van der Waals surface area contributed by atoms with Gasteiger partial charge < -0.3 is 11.1 Å². The van der Waals surface area contributed by atoms with Crippen molar-refractivity contribution in [3.63, 3.8) is 0 Å². The van der Waals surface area contributed by atoms with E-state index in [1.54, 1.807) is 12.3 Å². The zero-order valence-corrected chi connectivity index (χ0v) is 11.7. The van der Waals surface area contributed by atoms with Crippen LogP contribution in [0.25, 0.3) is 0 Å². The molecule has 0 aliphatic rings. The van der Waals surface area contributed by atoms with Crippen LogP contribution in [0, 0.1) is 0 Å². The number of hydrogen-bond acceptors (Lipinski definition) is 6. The molecular weight excluding hydrogens is 266 g/mol. The minimum absolute atomic E-state index is 0.285. The Morgan fingerprint density at radius 1 is 1.50 bits per heavy atom. The van der Waals surface area contributed by atoms with Gasteiger partial charge >= 0.3 is 0 Å². The SMILES string of the molecule is CC(C)c1csc(Nc2nnccc2C(N)=S)n1. The van der Waals surface area contributed by atoms with Crippen molar-refractivity contribution in [1.82, 2.24) is 15.2 Å². The Kier molecular flexibility index (Phi) is 3.83. The molecule has 2 aromatic heterocycles. The quantitative estimate of drug-likeness (QED) is 0.837.